The van der Waals surface area contributed by atoms with Crippen molar-refractivity contribution >= 4 is 39.3 Å². The zero-order valence-corrected chi connectivity index (χ0v) is 11.1. The summed E-state index contributed by atoms with van der Waals surface area (Å²) in [5.41, 5.74) is 6.84. The molecule has 86 valence electrons. The van der Waals surface area contributed by atoms with E-state index in [0.29, 0.717) is 17.0 Å². The van der Waals surface area contributed by atoms with Crippen LogP contribution in [0.3, 0.4) is 0 Å². The third-order valence-electron chi connectivity index (χ3n) is 1.94. The molecule has 0 aromatic heterocycles. The lowest BCUT2D eigenvalue weighted by molar-refractivity contribution is -0.132. The standard InChI is InChI=1S/C11H12BrNO2S/c1-7(11(14)15)4-5-16-10-6-8(12)2-3-9(10)13/h2-4,6H,5,13H2,1H3,(H,14,15). The van der Waals surface area contributed by atoms with E-state index in [4.69, 9.17) is 10.8 Å². The fraction of sp³-hybridized carbons (Fsp3) is 0.182. The van der Waals surface area contributed by atoms with E-state index >= 15 is 0 Å². The highest BCUT2D eigenvalue weighted by atomic mass is 79.9. The molecule has 0 aliphatic carbocycles. The molecule has 0 bridgehead atoms. The highest BCUT2D eigenvalue weighted by Crippen LogP contribution is 2.28. The number of carboxylic acids is 1. The van der Waals surface area contributed by atoms with E-state index in [9.17, 15) is 4.79 Å². The number of thioether (sulfide) groups is 1. The van der Waals surface area contributed by atoms with Crippen LogP contribution in [0.25, 0.3) is 0 Å². The van der Waals surface area contributed by atoms with Gasteiger partial charge >= 0.3 is 5.97 Å². The first kappa shape index (κ1) is 13.1. The molecule has 0 amide bonds. The van der Waals surface area contributed by atoms with Crippen LogP contribution in [-0.2, 0) is 4.79 Å². The number of benzene rings is 1. The molecule has 3 nitrogen and oxygen atoms in total. The van der Waals surface area contributed by atoms with Gasteiger partial charge in [-0.1, -0.05) is 22.0 Å². The Balaban J connectivity index is 2.65. The second-order valence-corrected chi connectivity index (χ2v) is 5.16. The normalized spacial score (nSPS) is 11.5. The summed E-state index contributed by atoms with van der Waals surface area (Å²) < 4.78 is 0.961. The van der Waals surface area contributed by atoms with Crippen molar-refractivity contribution in [2.45, 2.75) is 11.8 Å². The van der Waals surface area contributed by atoms with Crippen LogP contribution in [0.1, 0.15) is 6.92 Å². The molecule has 0 saturated carbocycles. The molecule has 5 heteroatoms. The van der Waals surface area contributed by atoms with Gasteiger partial charge in [-0.2, -0.15) is 0 Å². The van der Waals surface area contributed by atoms with Crippen molar-refractivity contribution in [3.8, 4) is 0 Å². The molecule has 0 atom stereocenters. The van der Waals surface area contributed by atoms with Crippen LogP contribution in [-0.4, -0.2) is 16.8 Å². The molecule has 1 rings (SSSR count). The molecule has 1 aromatic carbocycles. The third-order valence-corrected chi connectivity index (χ3v) is 3.43. The first-order valence-corrected chi connectivity index (χ1v) is 6.36. The molecule has 3 N–H and O–H groups in total. The zero-order chi connectivity index (χ0) is 12.1. The number of nitrogens with two attached hydrogens (primary N) is 1. The summed E-state index contributed by atoms with van der Waals surface area (Å²) in [7, 11) is 0. The molecule has 0 radical (unpaired) electrons. The van der Waals surface area contributed by atoms with Crippen LogP contribution in [0.15, 0.2) is 39.2 Å². The number of hydrogen-bond acceptors (Lipinski definition) is 3. The minimum atomic E-state index is -0.886. The van der Waals surface area contributed by atoms with Crippen LogP contribution in [0.4, 0.5) is 5.69 Å². The summed E-state index contributed by atoms with van der Waals surface area (Å²) in [4.78, 5) is 11.5. The summed E-state index contributed by atoms with van der Waals surface area (Å²) in [5.74, 6) is -0.290. The fourth-order valence-corrected chi connectivity index (χ4v) is 2.45. The van der Waals surface area contributed by atoms with Crippen molar-refractivity contribution in [2.75, 3.05) is 11.5 Å². The second-order valence-electron chi connectivity index (χ2n) is 3.19. The number of nitrogen functional groups attached to an aromatic ring is 1. The number of hydrogen-bond donors (Lipinski definition) is 2. The van der Waals surface area contributed by atoms with E-state index in [1.807, 2.05) is 18.2 Å². The van der Waals surface area contributed by atoms with E-state index in [0.717, 1.165) is 9.37 Å². The quantitative estimate of drug-likeness (QED) is 0.509. The van der Waals surface area contributed by atoms with E-state index in [1.54, 1.807) is 13.0 Å². The van der Waals surface area contributed by atoms with Gasteiger partial charge in [0.25, 0.3) is 0 Å². The number of rotatable bonds is 4. The number of carbonyl (C=O) groups is 1. The maximum Gasteiger partial charge on any atom is 0.330 e. The molecule has 0 aliphatic heterocycles. The van der Waals surface area contributed by atoms with Gasteiger partial charge in [0, 0.05) is 26.4 Å². The number of carboxylic acid groups (broad SMARTS) is 1. The van der Waals surface area contributed by atoms with Gasteiger partial charge in [0.05, 0.1) is 0 Å². The molecular formula is C11H12BrNO2S. The van der Waals surface area contributed by atoms with Crippen LogP contribution >= 0.6 is 27.7 Å². The van der Waals surface area contributed by atoms with Gasteiger partial charge in [0.1, 0.15) is 0 Å². The SMILES string of the molecule is CC(=CCSc1cc(Br)ccc1N)C(=O)O. The Morgan fingerprint density at radius 2 is 2.31 bits per heavy atom. The van der Waals surface area contributed by atoms with Crippen LogP contribution in [0.2, 0.25) is 0 Å². The maximum atomic E-state index is 10.6. The summed E-state index contributed by atoms with van der Waals surface area (Å²) in [6, 6.07) is 5.61. The summed E-state index contributed by atoms with van der Waals surface area (Å²) >= 11 is 4.87. The number of anilines is 1. The molecule has 0 fully saturated rings. The Kier molecular flexibility index (Phi) is 4.89. The summed E-state index contributed by atoms with van der Waals surface area (Å²) in [5, 5.41) is 8.67. The van der Waals surface area contributed by atoms with Crippen molar-refractivity contribution in [2.24, 2.45) is 0 Å². The molecule has 0 heterocycles. The van der Waals surface area contributed by atoms with E-state index in [2.05, 4.69) is 15.9 Å². The molecule has 0 aliphatic rings. The van der Waals surface area contributed by atoms with Crippen LogP contribution in [0.5, 0.6) is 0 Å². The summed E-state index contributed by atoms with van der Waals surface area (Å²) in [6.45, 7) is 1.58. The van der Waals surface area contributed by atoms with Crippen molar-refractivity contribution < 1.29 is 9.90 Å². The monoisotopic (exact) mass is 301 g/mol. The zero-order valence-electron chi connectivity index (χ0n) is 8.74. The van der Waals surface area contributed by atoms with Crippen LogP contribution in [0, 0.1) is 0 Å². The summed E-state index contributed by atoms with van der Waals surface area (Å²) in [6.07, 6.45) is 1.67. The van der Waals surface area contributed by atoms with Gasteiger partial charge in [-0.15, -0.1) is 11.8 Å². The Bertz CT molecular complexity index is 432. The maximum absolute atomic E-state index is 10.6. The van der Waals surface area contributed by atoms with Crippen molar-refractivity contribution in [3.05, 3.63) is 34.3 Å². The number of aliphatic carboxylic acids is 1. The lowest BCUT2D eigenvalue weighted by Gasteiger charge is -2.04. The predicted molar refractivity (Wildman–Crippen MR) is 70.7 cm³/mol. The van der Waals surface area contributed by atoms with Crippen molar-refractivity contribution in [1.82, 2.24) is 0 Å². The molecule has 0 saturated heterocycles. The van der Waals surface area contributed by atoms with Gasteiger partial charge in [0.2, 0.25) is 0 Å². The minimum Gasteiger partial charge on any atom is -0.478 e. The molecule has 0 spiro atoms. The predicted octanol–water partition coefficient (Wildman–Crippen LogP) is 3.15. The minimum absolute atomic E-state index is 0.348. The van der Waals surface area contributed by atoms with E-state index in [1.165, 1.54) is 11.8 Å². The van der Waals surface area contributed by atoms with E-state index < -0.39 is 5.97 Å². The molecule has 1 aromatic rings. The number of halogens is 1. The fourth-order valence-electron chi connectivity index (χ4n) is 0.977. The molecular weight excluding hydrogens is 290 g/mol. The van der Waals surface area contributed by atoms with Gasteiger partial charge in [-0.3, -0.25) is 0 Å². The largest absolute Gasteiger partial charge is 0.478 e. The lowest BCUT2D eigenvalue weighted by Crippen LogP contribution is -1.96. The smallest absolute Gasteiger partial charge is 0.330 e. The molecule has 0 unspecified atom stereocenters. The Morgan fingerprint density at radius 3 is 2.94 bits per heavy atom. The Labute approximate surface area is 107 Å². The average Bonchev–Trinajstić information content (AvgIpc) is 2.22. The van der Waals surface area contributed by atoms with Gasteiger partial charge in [0.15, 0.2) is 0 Å². The first-order chi connectivity index (χ1) is 7.50. The third kappa shape index (κ3) is 3.90. The van der Waals surface area contributed by atoms with Crippen LogP contribution < -0.4 is 5.73 Å². The van der Waals surface area contributed by atoms with Crippen molar-refractivity contribution in [3.63, 3.8) is 0 Å². The first-order valence-electron chi connectivity index (χ1n) is 4.58. The Morgan fingerprint density at radius 1 is 1.62 bits per heavy atom. The molecule has 16 heavy (non-hydrogen) atoms. The Hall–Kier alpha value is -0.940. The lowest BCUT2D eigenvalue weighted by atomic mass is 10.3. The van der Waals surface area contributed by atoms with E-state index in [-0.39, 0.29) is 0 Å². The van der Waals surface area contributed by atoms with Crippen molar-refractivity contribution in [1.29, 1.82) is 0 Å². The highest BCUT2D eigenvalue weighted by molar-refractivity contribution is 9.10. The van der Waals surface area contributed by atoms with Gasteiger partial charge < -0.3 is 10.8 Å². The average molecular weight is 302 g/mol. The second kappa shape index (κ2) is 5.96. The highest BCUT2D eigenvalue weighted by Gasteiger charge is 2.02. The van der Waals surface area contributed by atoms with Gasteiger partial charge in [-0.25, -0.2) is 4.79 Å². The topological polar surface area (TPSA) is 63.3 Å². The van der Waals surface area contributed by atoms with Gasteiger partial charge in [-0.05, 0) is 25.1 Å².